The predicted molar refractivity (Wildman–Crippen MR) is 102 cm³/mol. The fraction of sp³-hybridized carbons (Fsp3) is 0.611. The lowest BCUT2D eigenvalue weighted by Gasteiger charge is -2.27. The number of primary amides is 1. The summed E-state index contributed by atoms with van der Waals surface area (Å²) in [6.07, 6.45) is 1.70. The van der Waals surface area contributed by atoms with Gasteiger partial charge in [0.1, 0.15) is 0 Å². The Balaban J connectivity index is 2.04. The summed E-state index contributed by atoms with van der Waals surface area (Å²) in [6, 6.07) is 3.72. The van der Waals surface area contributed by atoms with Gasteiger partial charge in [0.25, 0.3) is 10.0 Å². The van der Waals surface area contributed by atoms with Crippen molar-refractivity contribution in [2.75, 3.05) is 6.54 Å². The van der Waals surface area contributed by atoms with Crippen molar-refractivity contribution in [3.63, 3.8) is 0 Å². The minimum absolute atomic E-state index is 0.0722. The average molecular weight is 413 g/mol. The van der Waals surface area contributed by atoms with E-state index in [1.165, 1.54) is 16.6 Å². The predicted octanol–water partition coefficient (Wildman–Crippen LogP) is 0.00190. The molecule has 0 aliphatic carbocycles. The van der Waals surface area contributed by atoms with Crippen LogP contribution in [0.15, 0.2) is 29.4 Å². The molecule has 0 aromatic carbocycles. The van der Waals surface area contributed by atoms with Crippen LogP contribution in [0.3, 0.4) is 0 Å². The van der Waals surface area contributed by atoms with Crippen LogP contribution < -0.4 is 11.1 Å². The van der Waals surface area contributed by atoms with Gasteiger partial charge in [-0.2, -0.15) is 4.31 Å². The highest BCUT2D eigenvalue weighted by Gasteiger charge is 2.37. The zero-order valence-corrected chi connectivity index (χ0v) is 16.9. The van der Waals surface area contributed by atoms with Gasteiger partial charge in [0.15, 0.2) is 5.03 Å². The highest BCUT2D eigenvalue weighted by Crippen LogP contribution is 2.24. The Morgan fingerprint density at radius 3 is 2.71 bits per heavy atom. The second-order valence-corrected chi connectivity index (χ2v) is 9.09. The molecular weight excluding hydrogens is 384 g/mol. The molecule has 0 spiro atoms. The molecule has 0 bridgehead atoms. The van der Waals surface area contributed by atoms with Gasteiger partial charge in [-0.1, -0.05) is 13.0 Å². The van der Waals surface area contributed by atoms with E-state index in [-0.39, 0.29) is 29.9 Å². The van der Waals surface area contributed by atoms with Crippen molar-refractivity contribution in [2.45, 2.75) is 62.7 Å². The SMILES string of the molecule is CC(CCC(=O)N[C@H]1CC[C@@H](C)N(S(=O)(=O)c2ccccn2)C[C@@H]1O)C(N)=O. The number of sulfonamides is 1. The molecule has 4 atom stereocenters. The Kier molecular flexibility index (Phi) is 7.50. The van der Waals surface area contributed by atoms with Crippen LogP contribution in [0.4, 0.5) is 0 Å². The van der Waals surface area contributed by atoms with E-state index in [9.17, 15) is 23.1 Å². The number of β-amino-alcohol motifs (C(OH)–C–C–N with tert-alkyl or cyclic N) is 1. The molecule has 1 aliphatic rings. The summed E-state index contributed by atoms with van der Waals surface area (Å²) in [7, 11) is -3.85. The first-order valence-corrected chi connectivity index (χ1v) is 10.8. The van der Waals surface area contributed by atoms with Crippen LogP contribution in [-0.4, -0.2) is 59.4 Å². The van der Waals surface area contributed by atoms with Crippen LogP contribution in [0.5, 0.6) is 0 Å². The maximum absolute atomic E-state index is 12.9. The van der Waals surface area contributed by atoms with Gasteiger partial charge >= 0.3 is 0 Å². The molecule has 2 rings (SSSR count). The lowest BCUT2D eigenvalue weighted by atomic mass is 10.0. The number of rotatable bonds is 7. The monoisotopic (exact) mass is 412 g/mol. The van der Waals surface area contributed by atoms with Crippen molar-refractivity contribution in [1.29, 1.82) is 0 Å². The molecule has 28 heavy (non-hydrogen) atoms. The van der Waals surface area contributed by atoms with Crippen LogP contribution in [-0.2, 0) is 19.6 Å². The fourth-order valence-electron chi connectivity index (χ4n) is 3.14. The smallest absolute Gasteiger partial charge is 0.260 e. The Morgan fingerprint density at radius 1 is 1.39 bits per heavy atom. The topological polar surface area (TPSA) is 143 Å². The number of pyridine rings is 1. The summed E-state index contributed by atoms with van der Waals surface area (Å²) in [5.74, 6) is -1.18. The van der Waals surface area contributed by atoms with E-state index in [1.54, 1.807) is 26.0 Å². The van der Waals surface area contributed by atoms with E-state index in [4.69, 9.17) is 5.73 Å². The van der Waals surface area contributed by atoms with Crippen molar-refractivity contribution in [3.8, 4) is 0 Å². The molecule has 1 saturated heterocycles. The Morgan fingerprint density at radius 2 is 2.11 bits per heavy atom. The zero-order valence-electron chi connectivity index (χ0n) is 16.1. The number of carbonyl (C=O) groups is 2. The van der Waals surface area contributed by atoms with E-state index >= 15 is 0 Å². The summed E-state index contributed by atoms with van der Waals surface area (Å²) in [5, 5.41) is 13.2. The van der Waals surface area contributed by atoms with E-state index < -0.39 is 34.0 Å². The summed E-state index contributed by atoms with van der Waals surface area (Å²) < 4.78 is 27.0. The van der Waals surface area contributed by atoms with Crippen molar-refractivity contribution < 1.29 is 23.1 Å². The molecule has 2 heterocycles. The quantitative estimate of drug-likeness (QED) is 0.575. The molecule has 2 amide bonds. The van der Waals surface area contributed by atoms with Gasteiger partial charge in [0, 0.05) is 31.1 Å². The molecule has 10 heteroatoms. The molecule has 1 fully saturated rings. The first-order valence-electron chi connectivity index (χ1n) is 9.32. The molecule has 1 unspecified atom stereocenters. The number of hydrogen-bond donors (Lipinski definition) is 3. The van der Waals surface area contributed by atoms with Crippen molar-refractivity contribution in [2.24, 2.45) is 11.7 Å². The van der Waals surface area contributed by atoms with Crippen LogP contribution in [0, 0.1) is 5.92 Å². The number of hydrogen-bond acceptors (Lipinski definition) is 6. The highest BCUT2D eigenvalue weighted by atomic mass is 32.2. The fourth-order valence-corrected chi connectivity index (χ4v) is 4.75. The van der Waals surface area contributed by atoms with Gasteiger partial charge in [0.2, 0.25) is 11.8 Å². The number of amides is 2. The molecule has 1 aromatic heterocycles. The average Bonchev–Trinajstić information content (AvgIpc) is 2.80. The van der Waals surface area contributed by atoms with E-state index in [1.807, 2.05) is 0 Å². The first kappa shape index (κ1) is 22.3. The maximum Gasteiger partial charge on any atom is 0.260 e. The minimum Gasteiger partial charge on any atom is -0.390 e. The molecule has 0 saturated carbocycles. The summed E-state index contributed by atoms with van der Waals surface area (Å²) in [4.78, 5) is 27.1. The molecule has 0 radical (unpaired) electrons. The maximum atomic E-state index is 12.9. The van der Waals surface area contributed by atoms with E-state index in [2.05, 4.69) is 10.3 Å². The number of nitrogens with two attached hydrogens (primary N) is 1. The number of carbonyl (C=O) groups excluding carboxylic acids is 2. The van der Waals surface area contributed by atoms with Gasteiger partial charge in [-0.15, -0.1) is 0 Å². The number of nitrogens with one attached hydrogen (secondary N) is 1. The molecule has 4 N–H and O–H groups in total. The number of aliphatic hydroxyl groups excluding tert-OH is 1. The van der Waals surface area contributed by atoms with Gasteiger partial charge in [-0.3, -0.25) is 9.59 Å². The minimum atomic E-state index is -3.85. The Labute approximate surface area is 165 Å². The summed E-state index contributed by atoms with van der Waals surface area (Å²) in [5.41, 5.74) is 5.19. The van der Waals surface area contributed by atoms with E-state index in [0.29, 0.717) is 19.3 Å². The van der Waals surface area contributed by atoms with Crippen LogP contribution >= 0.6 is 0 Å². The number of aliphatic hydroxyl groups is 1. The number of aromatic nitrogens is 1. The zero-order chi connectivity index (χ0) is 20.9. The van der Waals surface area contributed by atoms with Gasteiger partial charge in [-0.25, -0.2) is 13.4 Å². The molecule has 1 aromatic rings. The second kappa shape index (κ2) is 9.44. The van der Waals surface area contributed by atoms with Crippen molar-refractivity contribution in [3.05, 3.63) is 24.4 Å². The van der Waals surface area contributed by atoms with Crippen molar-refractivity contribution in [1.82, 2.24) is 14.6 Å². The number of nitrogens with zero attached hydrogens (tertiary/aromatic N) is 2. The van der Waals surface area contributed by atoms with Crippen LogP contribution in [0.1, 0.15) is 39.5 Å². The van der Waals surface area contributed by atoms with E-state index in [0.717, 1.165) is 0 Å². The third-order valence-corrected chi connectivity index (χ3v) is 6.96. The second-order valence-electron chi connectivity index (χ2n) is 7.25. The van der Waals surface area contributed by atoms with Crippen molar-refractivity contribution >= 4 is 21.8 Å². The first-order chi connectivity index (χ1) is 13.1. The Bertz CT molecular complexity index is 786. The van der Waals surface area contributed by atoms with Gasteiger partial charge in [-0.05, 0) is 38.3 Å². The molecule has 1 aliphatic heterocycles. The third-order valence-electron chi connectivity index (χ3n) is 5.07. The summed E-state index contributed by atoms with van der Waals surface area (Å²) in [6.45, 7) is 3.28. The van der Waals surface area contributed by atoms with Crippen LogP contribution in [0.2, 0.25) is 0 Å². The molecular formula is C18H28N4O5S. The van der Waals surface area contributed by atoms with Gasteiger partial charge in [0.05, 0.1) is 12.1 Å². The van der Waals surface area contributed by atoms with Gasteiger partial charge < -0.3 is 16.2 Å². The van der Waals surface area contributed by atoms with Crippen LogP contribution in [0.25, 0.3) is 0 Å². The normalized spacial score (nSPS) is 24.9. The lowest BCUT2D eigenvalue weighted by molar-refractivity contribution is -0.124. The highest BCUT2D eigenvalue weighted by molar-refractivity contribution is 7.89. The Hall–Kier alpha value is -2.04. The molecule has 156 valence electrons. The summed E-state index contributed by atoms with van der Waals surface area (Å²) >= 11 is 0. The standard InChI is InChI=1S/C18H28N4O5S/c1-12(18(19)25)6-9-16(24)21-14-8-7-13(2)22(11-15(14)23)28(26,27)17-5-3-4-10-20-17/h3-5,10,12-15,23H,6-9,11H2,1-2H3,(H2,19,25)(H,21,24)/t12?,13-,14+,15+/m1/s1. The lowest BCUT2D eigenvalue weighted by Crippen LogP contribution is -2.48. The molecule has 9 nitrogen and oxygen atoms in total. The largest absolute Gasteiger partial charge is 0.390 e. The third kappa shape index (κ3) is 5.49.